The van der Waals surface area contributed by atoms with Crippen LogP contribution in [0.3, 0.4) is 0 Å². The lowest BCUT2D eigenvalue weighted by molar-refractivity contribution is -0.138. The molecule has 0 fully saturated rings. The Morgan fingerprint density at radius 2 is 1.93 bits per heavy atom. The highest BCUT2D eigenvalue weighted by Crippen LogP contribution is 2.13. The Labute approximate surface area is 83.0 Å². The van der Waals surface area contributed by atoms with Gasteiger partial charge in [-0.2, -0.15) is 0 Å². The quantitative estimate of drug-likeness (QED) is 0.418. The predicted molar refractivity (Wildman–Crippen MR) is 52.8 cm³/mol. The third-order valence-electron chi connectivity index (χ3n) is 1.62. The van der Waals surface area contributed by atoms with E-state index >= 15 is 0 Å². The number of para-hydroxylation sites is 1. The second-order valence-electron chi connectivity index (χ2n) is 2.56. The Morgan fingerprint density at radius 1 is 1.29 bits per heavy atom. The first-order chi connectivity index (χ1) is 6.77. The number of hydrogen-bond acceptors (Lipinski definition) is 3. The number of methoxy groups -OCH3 is 1. The summed E-state index contributed by atoms with van der Waals surface area (Å²) in [6, 6.07) is 9.08. The number of ether oxygens (including phenoxy) is 2. The van der Waals surface area contributed by atoms with Gasteiger partial charge in [0.2, 0.25) is 5.76 Å². The van der Waals surface area contributed by atoms with E-state index in [4.69, 9.17) is 4.74 Å². The van der Waals surface area contributed by atoms with Crippen molar-refractivity contribution in [3.63, 3.8) is 0 Å². The van der Waals surface area contributed by atoms with Gasteiger partial charge < -0.3 is 9.47 Å². The van der Waals surface area contributed by atoms with Crippen LogP contribution in [0, 0.1) is 0 Å². The second-order valence-corrected chi connectivity index (χ2v) is 2.56. The van der Waals surface area contributed by atoms with Gasteiger partial charge in [-0.3, -0.25) is 0 Å². The highest BCUT2D eigenvalue weighted by molar-refractivity contribution is 5.86. The lowest BCUT2D eigenvalue weighted by atomic mass is 10.3. The second kappa shape index (κ2) is 5.07. The number of rotatable bonds is 3. The van der Waals surface area contributed by atoms with E-state index in [-0.39, 0.29) is 5.76 Å². The molecule has 14 heavy (non-hydrogen) atoms. The number of carbonyl (C=O) groups excluding carboxylic acids is 1. The number of hydrogen-bond donors (Lipinski definition) is 0. The van der Waals surface area contributed by atoms with Crippen LogP contribution in [0.15, 0.2) is 42.2 Å². The van der Waals surface area contributed by atoms with Gasteiger partial charge >= 0.3 is 5.97 Å². The SMILES string of the molecule is CC=C(Oc1ccccc1)C(=O)OC. The first kappa shape index (κ1) is 10.3. The van der Waals surface area contributed by atoms with Crippen LogP contribution in [0.5, 0.6) is 5.75 Å². The fraction of sp³-hybridized carbons (Fsp3) is 0.182. The van der Waals surface area contributed by atoms with Gasteiger partial charge in [0.05, 0.1) is 7.11 Å². The van der Waals surface area contributed by atoms with Crippen molar-refractivity contribution in [3.8, 4) is 5.75 Å². The fourth-order valence-corrected chi connectivity index (χ4v) is 0.935. The van der Waals surface area contributed by atoms with Gasteiger partial charge in [-0.1, -0.05) is 18.2 Å². The summed E-state index contributed by atoms with van der Waals surface area (Å²) in [5.74, 6) is 0.334. The predicted octanol–water partition coefficient (Wildman–Crippen LogP) is 2.14. The van der Waals surface area contributed by atoms with E-state index in [2.05, 4.69) is 4.74 Å². The van der Waals surface area contributed by atoms with E-state index < -0.39 is 5.97 Å². The van der Waals surface area contributed by atoms with Crippen molar-refractivity contribution in [1.29, 1.82) is 0 Å². The summed E-state index contributed by atoms with van der Waals surface area (Å²) in [6.45, 7) is 1.72. The van der Waals surface area contributed by atoms with Gasteiger partial charge in [0.25, 0.3) is 0 Å². The van der Waals surface area contributed by atoms with Crippen molar-refractivity contribution < 1.29 is 14.3 Å². The van der Waals surface area contributed by atoms with Crippen LogP contribution in [0.2, 0.25) is 0 Å². The Balaban J connectivity index is 2.73. The van der Waals surface area contributed by atoms with Crippen LogP contribution in [-0.2, 0) is 9.53 Å². The molecule has 0 aromatic heterocycles. The maximum atomic E-state index is 11.1. The van der Waals surface area contributed by atoms with E-state index in [0.29, 0.717) is 5.75 Å². The van der Waals surface area contributed by atoms with Crippen LogP contribution in [0.1, 0.15) is 6.92 Å². The van der Waals surface area contributed by atoms with Crippen molar-refractivity contribution in [2.75, 3.05) is 7.11 Å². The molecule has 0 heterocycles. The van der Waals surface area contributed by atoms with Gasteiger partial charge in [-0.15, -0.1) is 0 Å². The average molecular weight is 192 g/mol. The third-order valence-corrected chi connectivity index (χ3v) is 1.62. The molecule has 0 atom stereocenters. The van der Waals surface area contributed by atoms with Crippen molar-refractivity contribution in [3.05, 3.63) is 42.2 Å². The molecule has 74 valence electrons. The Morgan fingerprint density at radius 3 is 2.43 bits per heavy atom. The zero-order valence-electron chi connectivity index (χ0n) is 8.19. The molecule has 0 aliphatic rings. The largest absolute Gasteiger partial charge is 0.463 e. The molecule has 0 saturated heterocycles. The molecule has 1 rings (SSSR count). The minimum Gasteiger partial charge on any atom is -0.463 e. The zero-order valence-corrected chi connectivity index (χ0v) is 8.19. The molecule has 0 bridgehead atoms. The van der Waals surface area contributed by atoms with Gasteiger partial charge in [-0.25, -0.2) is 4.79 Å². The molecule has 0 unspecified atom stereocenters. The van der Waals surface area contributed by atoms with Crippen molar-refractivity contribution in [2.45, 2.75) is 6.92 Å². The highest BCUT2D eigenvalue weighted by atomic mass is 16.6. The Bertz CT molecular complexity index is 328. The van der Waals surface area contributed by atoms with E-state index in [1.165, 1.54) is 7.11 Å². The molecular formula is C11H12O3. The molecule has 0 N–H and O–H groups in total. The van der Waals surface area contributed by atoms with E-state index in [1.54, 1.807) is 25.1 Å². The van der Waals surface area contributed by atoms with Crippen molar-refractivity contribution in [2.24, 2.45) is 0 Å². The number of carbonyl (C=O) groups is 1. The number of allylic oxidation sites excluding steroid dienone is 1. The standard InChI is InChI=1S/C11H12O3/c1-3-10(11(12)13-2)14-9-7-5-4-6-8-9/h3-8H,1-2H3. The first-order valence-corrected chi connectivity index (χ1v) is 4.25. The summed E-state index contributed by atoms with van der Waals surface area (Å²) >= 11 is 0. The summed E-state index contributed by atoms with van der Waals surface area (Å²) in [6.07, 6.45) is 1.57. The average Bonchev–Trinajstić information content (AvgIpc) is 2.26. The van der Waals surface area contributed by atoms with Gasteiger partial charge in [0.1, 0.15) is 5.75 Å². The summed E-state index contributed by atoms with van der Waals surface area (Å²) in [4.78, 5) is 11.1. The number of esters is 1. The lowest BCUT2D eigenvalue weighted by Crippen LogP contribution is -2.10. The van der Waals surface area contributed by atoms with Gasteiger partial charge in [0.15, 0.2) is 0 Å². The maximum absolute atomic E-state index is 11.1. The van der Waals surface area contributed by atoms with Crippen molar-refractivity contribution in [1.82, 2.24) is 0 Å². The van der Waals surface area contributed by atoms with Crippen LogP contribution < -0.4 is 4.74 Å². The van der Waals surface area contributed by atoms with Crippen molar-refractivity contribution >= 4 is 5.97 Å². The Kier molecular flexibility index (Phi) is 3.73. The minimum atomic E-state index is -0.476. The monoisotopic (exact) mass is 192 g/mol. The summed E-state index contributed by atoms with van der Waals surface area (Å²) in [5, 5.41) is 0. The third kappa shape index (κ3) is 2.62. The normalized spacial score (nSPS) is 10.9. The van der Waals surface area contributed by atoms with E-state index in [1.807, 2.05) is 18.2 Å². The molecule has 0 radical (unpaired) electrons. The zero-order chi connectivity index (χ0) is 10.4. The maximum Gasteiger partial charge on any atom is 0.373 e. The van der Waals surface area contributed by atoms with Crippen LogP contribution in [0.25, 0.3) is 0 Å². The van der Waals surface area contributed by atoms with Crippen LogP contribution in [-0.4, -0.2) is 13.1 Å². The van der Waals surface area contributed by atoms with Crippen LogP contribution >= 0.6 is 0 Å². The molecule has 0 spiro atoms. The Hall–Kier alpha value is -1.77. The first-order valence-electron chi connectivity index (χ1n) is 4.25. The van der Waals surface area contributed by atoms with E-state index in [0.717, 1.165) is 0 Å². The summed E-state index contributed by atoms with van der Waals surface area (Å²) in [7, 11) is 1.32. The number of benzene rings is 1. The summed E-state index contributed by atoms with van der Waals surface area (Å²) < 4.78 is 9.85. The highest BCUT2D eigenvalue weighted by Gasteiger charge is 2.10. The molecule has 0 aliphatic heterocycles. The van der Waals surface area contributed by atoms with Gasteiger partial charge in [-0.05, 0) is 25.1 Å². The lowest BCUT2D eigenvalue weighted by Gasteiger charge is -2.06. The molecular weight excluding hydrogens is 180 g/mol. The molecule has 3 heteroatoms. The molecule has 0 amide bonds. The van der Waals surface area contributed by atoms with Crippen LogP contribution in [0.4, 0.5) is 0 Å². The smallest absolute Gasteiger partial charge is 0.373 e. The molecule has 1 aromatic carbocycles. The molecule has 3 nitrogen and oxygen atoms in total. The molecule has 0 saturated carbocycles. The fourth-order valence-electron chi connectivity index (χ4n) is 0.935. The molecule has 0 aliphatic carbocycles. The summed E-state index contributed by atoms with van der Waals surface area (Å²) in [5.41, 5.74) is 0. The topological polar surface area (TPSA) is 35.5 Å². The van der Waals surface area contributed by atoms with Gasteiger partial charge in [0, 0.05) is 0 Å². The minimum absolute atomic E-state index is 0.193. The van der Waals surface area contributed by atoms with E-state index in [9.17, 15) is 4.79 Å². The molecule has 1 aromatic rings.